The lowest BCUT2D eigenvalue weighted by atomic mass is 10.00. The quantitative estimate of drug-likeness (QED) is 0.717. The second-order valence-corrected chi connectivity index (χ2v) is 11.5. The van der Waals surface area contributed by atoms with Crippen LogP contribution in [0.15, 0.2) is 47.4 Å². The van der Waals surface area contributed by atoms with Gasteiger partial charge in [0.15, 0.2) is 0 Å². The molecular formula is C20H26N2O4S2. The largest absolute Gasteiger partial charge is 0.240 e. The molecule has 0 amide bonds. The Bertz CT molecular complexity index is 1080. The lowest BCUT2D eigenvalue weighted by Gasteiger charge is -2.17. The second-order valence-electron chi connectivity index (χ2n) is 7.37. The highest BCUT2D eigenvalue weighted by atomic mass is 32.2. The van der Waals surface area contributed by atoms with Crippen LogP contribution in [0, 0.1) is 0 Å². The normalized spacial score (nSPS) is 17.1. The number of hydrogen-bond acceptors (Lipinski definition) is 4. The fraction of sp³-hybridized carbons (Fsp3) is 0.400. The van der Waals surface area contributed by atoms with Crippen molar-refractivity contribution in [1.82, 2.24) is 9.44 Å². The van der Waals surface area contributed by atoms with Gasteiger partial charge in [-0.05, 0) is 74.5 Å². The van der Waals surface area contributed by atoms with E-state index < -0.39 is 25.3 Å². The van der Waals surface area contributed by atoms with Crippen molar-refractivity contribution in [2.45, 2.75) is 49.3 Å². The van der Waals surface area contributed by atoms with Gasteiger partial charge >= 0.3 is 0 Å². The molecule has 0 bridgehead atoms. The van der Waals surface area contributed by atoms with Crippen molar-refractivity contribution in [1.29, 1.82) is 0 Å². The number of hydrogen-bond donors (Lipinski definition) is 2. The highest BCUT2D eigenvalue weighted by Gasteiger charge is 2.28. The van der Waals surface area contributed by atoms with Crippen molar-refractivity contribution in [2.24, 2.45) is 0 Å². The van der Waals surface area contributed by atoms with Gasteiger partial charge in [-0.3, -0.25) is 0 Å². The summed E-state index contributed by atoms with van der Waals surface area (Å²) in [4.78, 5) is 0.247. The highest BCUT2D eigenvalue weighted by Crippen LogP contribution is 2.33. The maximum absolute atomic E-state index is 12.2. The number of aryl methyl sites for hydroxylation is 1. The predicted octanol–water partition coefficient (Wildman–Crippen LogP) is 2.50. The van der Waals surface area contributed by atoms with Crippen molar-refractivity contribution in [3.63, 3.8) is 0 Å². The number of fused-ring (bicyclic) bond motifs is 1. The molecule has 0 saturated heterocycles. The van der Waals surface area contributed by atoms with Crippen LogP contribution >= 0.6 is 0 Å². The van der Waals surface area contributed by atoms with Gasteiger partial charge < -0.3 is 0 Å². The summed E-state index contributed by atoms with van der Waals surface area (Å²) in [5.41, 5.74) is 4.16. The molecule has 2 aromatic carbocycles. The van der Waals surface area contributed by atoms with E-state index in [0.717, 1.165) is 35.1 Å². The zero-order valence-corrected chi connectivity index (χ0v) is 17.9. The van der Waals surface area contributed by atoms with Gasteiger partial charge in [0, 0.05) is 6.04 Å². The molecule has 1 atom stereocenters. The molecule has 1 unspecified atom stereocenters. The molecule has 0 aliphatic heterocycles. The van der Waals surface area contributed by atoms with Gasteiger partial charge in [0.05, 0.1) is 10.1 Å². The van der Waals surface area contributed by atoms with E-state index in [1.165, 1.54) is 7.05 Å². The summed E-state index contributed by atoms with van der Waals surface area (Å²) in [5, 5.41) is -0.461. The summed E-state index contributed by atoms with van der Waals surface area (Å²) < 4.78 is 53.5. The molecule has 6 nitrogen and oxygen atoms in total. The van der Waals surface area contributed by atoms with Gasteiger partial charge in [0.2, 0.25) is 20.0 Å². The number of benzene rings is 2. The van der Waals surface area contributed by atoms with Gasteiger partial charge in [-0.25, -0.2) is 26.3 Å². The Balaban J connectivity index is 1.80. The molecule has 8 heteroatoms. The highest BCUT2D eigenvalue weighted by molar-refractivity contribution is 7.90. The monoisotopic (exact) mass is 422 g/mol. The number of sulfonamides is 2. The molecule has 2 N–H and O–H groups in total. The number of nitrogens with one attached hydrogen (secondary N) is 2. The molecule has 0 fully saturated rings. The SMILES string of the molecule is CNS(=O)(=O)c1cccc(Cc2ccc3c(c2)CCC3NS(=O)(=O)C(C)C)c1. The molecule has 0 spiro atoms. The molecule has 0 radical (unpaired) electrons. The van der Waals surface area contributed by atoms with Crippen LogP contribution in [-0.4, -0.2) is 29.1 Å². The fourth-order valence-corrected chi connectivity index (χ4v) is 5.13. The predicted molar refractivity (Wildman–Crippen MR) is 110 cm³/mol. The first-order valence-corrected chi connectivity index (χ1v) is 12.3. The standard InChI is InChI=1S/C20H26N2O4S2/c1-14(2)27(23,24)22-20-10-8-17-12-16(7-9-19(17)20)11-15-5-4-6-18(13-15)28(25,26)21-3/h4-7,9,12-14,20-22H,8,10-11H2,1-3H3. The Labute approximate surface area is 167 Å². The zero-order valence-electron chi connectivity index (χ0n) is 16.3. The summed E-state index contributed by atoms with van der Waals surface area (Å²) in [6, 6.07) is 12.8. The van der Waals surface area contributed by atoms with Gasteiger partial charge in [-0.1, -0.05) is 30.3 Å². The molecule has 0 aromatic heterocycles. The van der Waals surface area contributed by atoms with Gasteiger partial charge in [0.25, 0.3) is 0 Å². The van der Waals surface area contributed by atoms with E-state index in [4.69, 9.17) is 0 Å². The second kappa shape index (κ2) is 7.94. The first-order valence-electron chi connectivity index (χ1n) is 9.28. The van der Waals surface area contributed by atoms with Crippen LogP contribution in [0.2, 0.25) is 0 Å². The molecule has 28 heavy (non-hydrogen) atoms. The van der Waals surface area contributed by atoms with E-state index in [1.54, 1.807) is 32.0 Å². The summed E-state index contributed by atoms with van der Waals surface area (Å²) in [5.74, 6) is 0. The molecule has 3 rings (SSSR count). The molecule has 1 aliphatic carbocycles. The topological polar surface area (TPSA) is 92.3 Å². The van der Waals surface area contributed by atoms with Crippen molar-refractivity contribution >= 4 is 20.0 Å². The maximum atomic E-state index is 12.2. The molecule has 2 aromatic rings. The van der Waals surface area contributed by atoms with Crippen LogP contribution in [0.4, 0.5) is 0 Å². The molecular weight excluding hydrogens is 396 g/mol. The Morgan fingerprint density at radius 3 is 2.43 bits per heavy atom. The minimum atomic E-state index is -3.47. The van der Waals surface area contributed by atoms with Crippen LogP contribution in [0.25, 0.3) is 0 Å². The third kappa shape index (κ3) is 4.46. The van der Waals surface area contributed by atoms with Crippen LogP contribution in [0.3, 0.4) is 0 Å². The molecule has 152 valence electrons. The minimum absolute atomic E-state index is 0.180. The lowest BCUT2D eigenvalue weighted by Crippen LogP contribution is -2.33. The van der Waals surface area contributed by atoms with E-state index in [-0.39, 0.29) is 10.9 Å². The van der Waals surface area contributed by atoms with Gasteiger partial charge in [-0.2, -0.15) is 0 Å². The maximum Gasteiger partial charge on any atom is 0.240 e. The average Bonchev–Trinajstić information content (AvgIpc) is 3.03. The van der Waals surface area contributed by atoms with Crippen LogP contribution in [-0.2, 0) is 32.9 Å². The van der Waals surface area contributed by atoms with Crippen molar-refractivity contribution in [3.05, 3.63) is 64.7 Å². The molecule has 0 saturated carbocycles. The first-order chi connectivity index (χ1) is 13.1. The van der Waals surface area contributed by atoms with Crippen LogP contribution < -0.4 is 9.44 Å². The Morgan fingerprint density at radius 2 is 1.75 bits per heavy atom. The minimum Gasteiger partial charge on any atom is -0.214 e. The smallest absolute Gasteiger partial charge is 0.214 e. The van der Waals surface area contributed by atoms with E-state index in [0.29, 0.717) is 6.42 Å². The average molecular weight is 423 g/mol. The molecule has 1 aliphatic rings. The van der Waals surface area contributed by atoms with E-state index in [1.807, 2.05) is 18.2 Å². The Morgan fingerprint density at radius 1 is 1.04 bits per heavy atom. The number of rotatable bonds is 7. The zero-order chi connectivity index (χ0) is 20.5. The van der Waals surface area contributed by atoms with Gasteiger partial charge in [-0.15, -0.1) is 0 Å². The summed E-state index contributed by atoms with van der Waals surface area (Å²) >= 11 is 0. The third-order valence-electron chi connectivity index (χ3n) is 5.10. The Kier molecular flexibility index (Phi) is 5.95. The lowest BCUT2D eigenvalue weighted by molar-refractivity contribution is 0.546. The van der Waals surface area contributed by atoms with Crippen LogP contribution in [0.1, 0.15) is 48.6 Å². The fourth-order valence-electron chi connectivity index (χ4n) is 3.41. The summed E-state index contributed by atoms with van der Waals surface area (Å²) in [6.45, 7) is 3.34. The van der Waals surface area contributed by atoms with E-state index >= 15 is 0 Å². The summed E-state index contributed by atoms with van der Waals surface area (Å²) in [7, 11) is -5.39. The summed E-state index contributed by atoms with van der Waals surface area (Å²) in [6.07, 6.45) is 2.19. The van der Waals surface area contributed by atoms with E-state index in [9.17, 15) is 16.8 Å². The van der Waals surface area contributed by atoms with E-state index in [2.05, 4.69) is 15.5 Å². The molecule has 0 heterocycles. The first kappa shape index (κ1) is 21.0. The van der Waals surface area contributed by atoms with Crippen molar-refractivity contribution < 1.29 is 16.8 Å². The Hall–Kier alpha value is -1.74. The van der Waals surface area contributed by atoms with Gasteiger partial charge in [0.1, 0.15) is 0 Å². The van der Waals surface area contributed by atoms with Crippen molar-refractivity contribution in [3.8, 4) is 0 Å². The third-order valence-corrected chi connectivity index (χ3v) is 8.36. The van der Waals surface area contributed by atoms with Crippen LogP contribution in [0.5, 0.6) is 0 Å². The van der Waals surface area contributed by atoms with Crippen molar-refractivity contribution in [2.75, 3.05) is 7.05 Å².